The predicted molar refractivity (Wildman–Crippen MR) is 273 cm³/mol. The number of aliphatic hydroxyl groups is 13. The molecule has 81 heavy (non-hydrogen) atoms. The topological polar surface area (TPSA) is 418 Å². The Balaban J connectivity index is 0.903. The van der Waals surface area contributed by atoms with Gasteiger partial charge in [0, 0.05) is 0 Å². The molecule has 26 nitrogen and oxygen atoms in total. The highest BCUT2D eigenvalue weighted by Gasteiger charge is 2.70. The maximum Gasteiger partial charge on any atom is 0.397 e. The zero-order valence-corrected chi connectivity index (χ0v) is 47.7. The third-order valence-corrected chi connectivity index (χ3v) is 22.1. The molecule has 0 aromatic heterocycles. The number of allylic oxidation sites excluding steroid dienone is 2. The van der Waals surface area contributed by atoms with Crippen LogP contribution in [0.3, 0.4) is 0 Å². The van der Waals surface area contributed by atoms with Crippen molar-refractivity contribution in [2.24, 2.45) is 50.2 Å². The van der Waals surface area contributed by atoms with E-state index in [1.54, 1.807) is 0 Å². The van der Waals surface area contributed by atoms with Crippen molar-refractivity contribution in [3.05, 3.63) is 11.6 Å². The van der Waals surface area contributed by atoms with Crippen molar-refractivity contribution >= 4 is 16.4 Å². The fourth-order valence-corrected chi connectivity index (χ4v) is 17.2. The first-order chi connectivity index (χ1) is 37.7. The molecule has 27 heteroatoms. The van der Waals surface area contributed by atoms with Crippen LogP contribution < -0.4 is 0 Å². The first-order valence-corrected chi connectivity index (χ1v) is 29.8. The standard InChI is InChI=1S/C54H88O26S/c1-49(2)14-16-54(17-15-52(6)23(24(54)18-49)8-9-30-51(5)12-11-31(80-81(69,70)71)50(3,4)29(51)10-13-53(30,52)7)48(68)79-46-42(67)38(63)35(60)28(77-46)22-73-47-43(39(64)33(58)26(20-56)75-47)78-45-41(66)37(62)34(59)27(76-45)21-72-44-40(65)36(61)32(57)25(19-55)74-44/h8,24-47,55-67H,9-22H2,1-7H3,(H,69,70,71)/t24-,25+,26+,27+,28+,29-,30+,31-,32+,33+,34+,35+,36-,37-,38-,39-,40+,41+,42+,43+,44+,45-,46-,47+,51-,52+,53+,54-/m0/s1. The van der Waals surface area contributed by atoms with Crippen LogP contribution in [-0.4, -0.2) is 241 Å². The Hall–Kier alpha value is -1.72. The lowest BCUT2D eigenvalue weighted by molar-refractivity contribution is -0.376. The molecule has 0 unspecified atom stereocenters. The normalized spacial score (nSPS) is 51.6. The van der Waals surface area contributed by atoms with Gasteiger partial charge in [-0.3, -0.25) is 9.35 Å². The number of aliphatic hydroxyl groups excluding tert-OH is 13. The highest BCUT2D eigenvalue weighted by molar-refractivity contribution is 7.80. The minimum atomic E-state index is -4.67. The molecule has 8 fully saturated rings. The lowest BCUT2D eigenvalue weighted by Gasteiger charge is -2.71. The Labute approximate surface area is 471 Å². The van der Waals surface area contributed by atoms with Crippen LogP contribution in [0, 0.1) is 50.2 Å². The Bertz CT molecular complexity index is 2380. The second kappa shape index (κ2) is 23.1. The van der Waals surface area contributed by atoms with Crippen molar-refractivity contribution in [3.63, 3.8) is 0 Å². The lowest BCUT2D eigenvalue weighted by atomic mass is 9.33. The van der Waals surface area contributed by atoms with Gasteiger partial charge in [0.25, 0.3) is 0 Å². The van der Waals surface area contributed by atoms with E-state index in [1.807, 2.05) is 13.8 Å². The number of carbonyl (C=O) groups is 1. The van der Waals surface area contributed by atoms with Crippen LogP contribution in [0.5, 0.6) is 0 Å². The van der Waals surface area contributed by atoms with Crippen LogP contribution >= 0.6 is 0 Å². The molecule has 4 heterocycles. The van der Waals surface area contributed by atoms with E-state index in [9.17, 15) is 79.4 Å². The highest BCUT2D eigenvalue weighted by Crippen LogP contribution is 2.76. The summed E-state index contributed by atoms with van der Waals surface area (Å²) in [6.07, 6.45) is -28.3. The van der Waals surface area contributed by atoms with Crippen molar-refractivity contribution in [1.82, 2.24) is 0 Å². The second-order valence-electron chi connectivity index (χ2n) is 26.9. The van der Waals surface area contributed by atoms with Crippen LogP contribution in [0.4, 0.5) is 0 Å². The first kappa shape index (κ1) is 63.8. The summed E-state index contributed by atoms with van der Waals surface area (Å²) in [5.41, 5.74) is -1.44. The molecule has 5 aliphatic carbocycles. The van der Waals surface area contributed by atoms with Gasteiger partial charge in [-0.2, -0.15) is 8.42 Å². The average Bonchev–Trinajstić information content (AvgIpc) is 0.957. The van der Waals surface area contributed by atoms with Gasteiger partial charge in [0.15, 0.2) is 18.9 Å². The predicted octanol–water partition coefficient (Wildman–Crippen LogP) is -2.21. The Morgan fingerprint density at radius 3 is 1.68 bits per heavy atom. The molecule has 4 aliphatic heterocycles. The molecule has 4 saturated heterocycles. The largest absolute Gasteiger partial charge is 0.432 e. The van der Waals surface area contributed by atoms with Crippen molar-refractivity contribution in [2.45, 2.75) is 242 Å². The zero-order valence-electron chi connectivity index (χ0n) is 46.9. The smallest absolute Gasteiger partial charge is 0.397 e. The Morgan fingerprint density at radius 2 is 1.09 bits per heavy atom. The van der Waals surface area contributed by atoms with Crippen LogP contribution in [-0.2, 0) is 57.3 Å². The van der Waals surface area contributed by atoms with E-state index in [-0.39, 0.29) is 39.4 Å². The molecule has 0 aromatic rings. The molecule has 0 bridgehead atoms. The molecule has 0 radical (unpaired) electrons. The quantitative estimate of drug-likeness (QED) is 0.0498. The van der Waals surface area contributed by atoms with Crippen LogP contribution in [0.15, 0.2) is 11.6 Å². The van der Waals surface area contributed by atoms with Gasteiger partial charge in [-0.15, -0.1) is 0 Å². The summed E-state index contributed by atoms with van der Waals surface area (Å²) in [7, 11) is -4.67. The number of fused-ring (bicyclic) bond motifs is 7. The SMILES string of the molecule is CC1(C)CC[C@]2(C(=O)O[C@@H]3O[C@H](CO[C@@H]4O[C@H](CO)[C@@H](O)[C@H](O)[C@H]4O[C@@H]4O[C@H](CO[C@@H]5O[C@H](CO)[C@@H](O)[C@H](O)[C@H]5O)[C@@H](O)[C@H](O)[C@H]4O)[C@@H](O)[C@H](O)[C@H]3O)CC[C@]3(C)C(=CC[C@@H]4[C@@]5(C)CC[C@H](OS(=O)(=O)O)C(C)(C)[C@@H]5CC[C@]43C)[C@@H]2C1. The van der Waals surface area contributed by atoms with Crippen LogP contribution in [0.2, 0.25) is 0 Å². The Morgan fingerprint density at radius 1 is 0.580 bits per heavy atom. The summed E-state index contributed by atoms with van der Waals surface area (Å²) < 4.78 is 85.3. The molecule has 9 aliphatic rings. The van der Waals surface area contributed by atoms with E-state index in [2.05, 4.69) is 40.7 Å². The van der Waals surface area contributed by atoms with Gasteiger partial charge >= 0.3 is 16.4 Å². The number of ether oxygens (including phenoxy) is 8. The average molecular weight is 1190 g/mol. The van der Waals surface area contributed by atoms with Crippen molar-refractivity contribution in [2.75, 3.05) is 26.4 Å². The Kier molecular flexibility index (Phi) is 18.2. The number of hydrogen-bond donors (Lipinski definition) is 14. The summed E-state index contributed by atoms with van der Waals surface area (Å²) in [6, 6.07) is 0. The summed E-state index contributed by atoms with van der Waals surface area (Å²) in [6.45, 7) is 12.3. The number of carbonyl (C=O) groups excluding carboxylic acids is 1. The van der Waals surface area contributed by atoms with Crippen molar-refractivity contribution in [1.29, 1.82) is 0 Å². The van der Waals surface area contributed by atoms with Gasteiger partial charge in [0.2, 0.25) is 6.29 Å². The maximum atomic E-state index is 15.2. The molecule has 9 rings (SSSR count). The minimum absolute atomic E-state index is 0.0933. The molecule has 0 amide bonds. The molecule has 0 aromatic carbocycles. The first-order valence-electron chi connectivity index (χ1n) is 28.5. The minimum Gasteiger partial charge on any atom is -0.432 e. The van der Waals surface area contributed by atoms with E-state index in [0.29, 0.717) is 44.9 Å². The van der Waals surface area contributed by atoms with Gasteiger partial charge in [-0.25, -0.2) is 4.18 Å². The molecular weight excluding hydrogens is 1100 g/mol. The fourth-order valence-electron chi connectivity index (χ4n) is 16.5. The van der Waals surface area contributed by atoms with E-state index >= 15 is 4.79 Å². The second-order valence-corrected chi connectivity index (χ2v) is 27.9. The molecular formula is C54H88O26S. The summed E-state index contributed by atoms with van der Waals surface area (Å²) in [4.78, 5) is 15.2. The van der Waals surface area contributed by atoms with Crippen LogP contribution in [0.25, 0.3) is 0 Å². The van der Waals surface area contributed by atoms with E-state index in [1.165, 1.54) is 5.57 Å². The monoisotopic (exact) mass is 1180 g/mol. The van der Waals surface area contributed by atoms with Gasteiger partial charge in [-0.05, 0) is 109 Å². The van der Waals surface area contributed by atoms with Gasteiger partial charge < -0.3 is 104 Å². The van der Waals surface area contributed by atoms with Crippen LogP contribution in [0.1, 0.15) is 113 Å². The van der Waals surface area contributed by atoms with E-state index < -0.39 is 183 Å². The highest BCUT2D eigenvalue weighted by atomic mass is 32.3. The van der Waals surface area contributed by atoms with Gasteiger partial charge in [-0.1, -0.05) is 60.1 Å². The number of rotatable bonds is 14. The summed E-state index contributed by atoms with van der Waals surface area (Å²) in [5, 5.41) is 140. The summed E-state index contributed by atoms with van der Waals surface area (Å²) in [5.74, 6) is -0.647. The molecule has 0 spiro atoms. The number of hydrogen-bond acceptors (Lipinski definition) is 25. The van der Waals surface area contributed by atoms with Crippen molar-refractivity contribution in [3.8, 4) is 0 Å². The van der Waals surface area contributed by atoms with E-state index in [0.717, 1.165) is 19.3 Å². The molecule has 14 N–H and O–H groups in total. The van der Waals surface area contributed by atoms with Gasteiger partial charge in [0.1, 0.15) is 97.7 Å². The maximum absolute atomic E-state index is 15.2. The van der Waals surface area contributed by atoms with Gasteiger partial charge in [0.05, 0.1) is 37.9 Å². The zero-order chi connectivity index (χ0) is 59.5. The van der Waals surface area contributed by atoms with E-state index in [4.69, 9.17) is 42.1 Å². The third-order valence-electron chi connectivity index (χ3n) is 21.6. The lowest BCUT2D eigenvalue weighted by Crippen LogP contribution is -2.66. The summed E-state index contributed by atoms with van der Waals surface area (Å²) >= 11 is 0. The number of esters is 1. The molecule has 466 valence electrons. The van der Waals surface area contributed by atoms with Crippen molar-refractivity contribution < 1.29 is 126 Å². The fraction of sp³-hybridized carbons (Fsp3) is 0.944. The molecule has 4 saturated carbocycles. The molecule has 28 atom stereocenters. The third kappa shape index (κ3) is 11.1.